The van der Waals surface area contributed by atoms with Crippen LogP contribution in [-0.4, -0.2) is 50.2 Å². The van der Waals surface area contributed by atoms with E-state index in [2.05, 4.69) is 4.57 Å². The Bertz CT molecular complexity index is 601. The van der Waals surface area contributed by atoms with Crippen molar-refractivity contribution >= 4 is 35.4 Å². The second kappa shape index (κ2) is 7.76. The number of carbonyl (C=O) groups excluding carboxylic acids is 2. The minimum absolute atomic E-state index is 0.0522. The van der Waals surface area contributed by atoms with Crippen LogP contribution in [0.1, 0.15) is 12.8 Å². The molecule has 0 radical (unpaired) electrons. The number of carboxylic acid groups (broad SMARTS) is 1. The first kappa shape index (κ1) is 17.6. The number of aliphatic hydroxyl groups excluding tert-OH is 1. The number of aromatic nitrogens is 1. The molecule has 24 heavy (non-hydrogen) atoms. The van der Waals surface area contributed by atoms with Crippen LogP contribution >= 0.6 is 23.5 Å². The van der Waals surface area contributed by atoms with Gasteiger partial charge in [-0.05, 0) is 6.42 Å². The number of rotatable bonds is 8. The van der Waals surface area contributed by atoms with Crippen LogP contribution in [0.4, 0.5) is 0 Å². The topological polar surface area (TPSA) is 84.5 Å². The molecule has 8 heteroatoms. The summed E-state index contributed by atoms with van der Waals surface area (Å²) in [6.07, 6.45) is 5.33. The number of hydrogen-bond acceptors (Lipinski definition) is 6. The van der Waals surface area contributed by atoms with E-state index in [1.807, 2.05) is 30.6 Å². The molecule has 2 aliphatic rings. The van der Waals surface area contributed by atoms with Gasteiger partial charge in [-0.3, -0.25) is 4.79 Å². The molecular formula is C16H20N2O4S2. The SMILES string of the molecule is O=C([O-])C1C(SCCC[n+]2ccccc2)SC2[C@@H](CCO)C(=O)N12. The highest BCUT2D eigenvalue weighted by Gasteiger charge is 2.58. The second-order valence-electron chi connectivity index (χ2n) is 5.86. The molecule has 0 bridgehead atoms. The number of carboxylic acids is 1. The number of carbonyl (C=O) groups is 2. The molecule has 130 valence electrons. The van der Waals surface area contributed by atoms with Crippen LogP contribution in [0.15, 0.2) is 30.6 Å². The van der Waals surface area contributed by atoms with Gasteiger partial charge in [0.05, 0.1) is 27.9 Å². The van der Waals surface area contributed by atoms with Crippen molar-refractivity contribution in [2.24, 2.45) is 5.92 Å². The minimum atomic E-state index is -1.18. The molecule has 4 atom stereocenters. The molecule has 0 saturated carbocycles. The zero-order chi connectivity index (χ0) is 17.1. The fourth-order valence-electron chi connectivity index (χ4n) is 3.14. The van der Waals surface area contributed by atoms with E-state index < -0.39 is 12.0 Å². The Morgan fingerprint density at radius 2 is 2.12 bits per heavy atom. The average Bonchev–Trinajstić information content (AvgIpc) is 2.93. The van der Waals surface area contributed by atoms with Crippen molar-refractivity contribution in [3.63, 3.8) is 0 Å². The van der Waals surface area contributed by atoms with E-state index in [-0.39, 0.29) is 28.4 Å². The lowest BCUT2D eigenvalue weighted by molar-refractivity contribution is -0.696. The van der Waals surface area contributed by atoms with Gasteiger partial charge in [-0.15, -0.1) is 23.5 Å². The lowest BCUT2D eigenvalue weighted by Crippen LogP contribution is -2.63. The smallest absolute Gasteiger partial charge is 0.230 e. The predicted octanol–water partition coefficient (Wildman–Crippen LogP) is -0.544. The van der Waals surface area contributed by atoms with Crippen molar-refractivity contribution in [2.75, 3.05) is 12.4 Å². The number of aliphatic carboxylic acids is 1. The molecule has 1 N–H and O–H groups in total. The molecule has 2 saturated heterocycles. The standard InChI is InChI=1S/C16H20N2O4S2/c19-9-5-11-13(20)18-12(15(21)22)16(24-14(11)18)23-10-4-8-17-6-2-1-3-7-17/h1-3,6-7,11-12,14,16,19H,4-5,8-10H2/t11-,12?,14?,16?/m0/s1. The Hall–Kier alpha value is -1.25. The monoisotopic (exact) mass is 368 g/mol. The van der Waals surface area contributed by atoms with Crippen molar-refractivity contribution < 1.29 is 24.4 Å². The Morgan fingerprint density at radius 3 is 2.79 bits per heavy atom. The molecule has 0 spiro atoms. The third-order valence-corrected chi connectivity index (χ3v) is 7.54. The molecule has 0 aromatic carbocycles. The molecule has 2 fully saturated rings. The summed E-state index contributed by atoms with van der Waals surface area (Å²) in [6.45, 7) is 0.823. The van der Waals surface area contributed by atoms with E-state index in [9.17, 15) is 14.7 Å². The van der Waals surface area contributed by atoms with Crippen molar-refractivity contribution in [2.45, 2.75) is 35.4 Å². The lowest BCUT2D eigenvalue weighted by Gasteiger charge is -2.44. The number of fused-ring (bicyclic) bond motifs is 1. The van der Waals surface area contributed by atoms with Gasteiger partial charge >= 0.3 is 0 Å². The number of hydrogen-bond donors (Lipinski definition) is 1. The summed E-state index contributed by atoms with van der Waals surface area (Å²) in [5.41, 5.74) is 0. The number of thioether (sulfide) groups is 2. The van der Waals surface area contributed by atoms with Crippen LogP contribution in [0.25, 0.3) is 0 Å². The van der Waals surface area contributed by atoms with Crippen LogP contribution in [0.2, 0.25) is 0 Å². The van der Waals surface area contributed by atoms with E-state index in [1.165, 1.54) is 16.7 Å². The zero-order valence-corrected chi connectivity index (χ0v) is 14.7. The fourth-order valence-corrected chi connectivity index (χ4v) is 6.51. The molecular weight excluding hydrogens is 348 g/mol. The first-order valence-electron chi connectivity index (χ1n) is 7.98. The van der Waals surface area contributed by atoms with Crippen molar-refractivity contribution in [1.29, 1.82) is 0 Å². The molecule has 3 unspecified atom stereocenters. The van der Waals surface area contributed by atoms with Crippen LogP contribution < -0.4 is 9.67 Å². The van der Waals surface area contributed by atoms with Crippen LogP contribution in [0.5, 0.6) is 0 Å². The third-order valence-electron chi connectivity index (χ3n) is 4.32. The van der Waals surface area contributed by atoms with Crippen LogP contribution in [0, 0.1) is 5.92 Å². The summed E-state index contributed by atoms with van der Waals surface area (Å²) >= 11 is 3.11. The maximum atomic E-state index is 12.1. The first-order valence-corrected chi connectivity index (χ1v) is 9.97. The fraction of sp³-hybridized carbons (Fsp3) is 0.562. The highest BCUT2D eigenvalue weighted by molar-refractivity contribution is 8.17. The molecule has 1 aromatic heterocycles. The summed E-state index contributed by atoms with van der Waals surface area (Å²) in [7, 11) is 0. The van der Waals surface area contributed by atoms with Crippen molar-refractivity contribution in [3.05, 3.63) is 30.6 Å². The van der Waals surface area contributed by atoms with E-state index in [4.69, 9.17) is 5.11 Å². The van der Waals surface area contributed by atoms with Gasteiger partial charge in [-0.2, -0.15) is 0 Å². The zero-order valence-electron chi connectivity index (χ0n) is 13.1. The van der Waals surface area contributed by atoms with Gasteiger partial charge in [-0.1, -0.05) is 6.07 Å². The number of aliphatic hydroxyl groups is 1. The number of amides is 1. The summed E-state index contributed by atoms with van der Waals surface area (Å²) in [6, 6.07) is 5.06. The lowest BCUT2D eigenvalue weighted by atomic mass is 9.93. The third kappa shape index (κ3) is 3.41. The molecule has 1 aromatic rings. The maximum absolute atomic E-state index is 12.1. The molecule has 2 aliphatic heterocycles. The molecule has 3 heterocycles. The summed E-state index contributed by atoms with van der Waals surface area (Å²) < 4.78 is 1.89. The average molecular weight is 368 g/mol. The van der Waals surface area contributed by atoms with Crippen molar-refractivity contribution in [3.8, 4) is 0 Å². The largest absolute Gasteiger partial charge is 0.548 e. The Balaban J connectivity index is 1.53. The van der Waals surface area contributed by atoms with Crippen LogP contribution in [-0.2, 0) is 16.1 Å². The van der Waals surface area contributed by atoms with E-state index in [1.54, 1.807) is 11.8 Å². The van der Waals surface area contributed by atoms with Gasteiger partial charge in [0.15, 0.2) is 12.4 Å². The summed E-state index contributed by atoms with van der Waals surface area (Å²) in [5, 5.41) is 20.4. The number of β-lactam (4-membered cyclic amide) rings is 1. The summed E-state index contributed by atoms with van der Waals surface area (Å²) in [5.74, 6) is -0.787. The number of nitrogens with zero attached hydrogens (tertiary/aromatic N) is 2. The highest BCUT2D eigenvalue weighted by atomic mass is 32.2. The van der Waals surface area contributed by atoms with Gasteiger partial charge in [0, 0.05) is 30.9 Å². The Labute approximate surface area is 149 Å². The molecule has 0 aliphatic carbocycles. The van der Waals surface area contributed by atoms with Gasteiger partial charge in [0.25, 0.3) is 0 Å². The minimum Gasteiger partial charge on any atom is -0.548 e. The molecule has 6 nitrogen and oxygen atoms in total. The molecule has 1 amide bonds. The van der Waals surface area contributed by atoms with Gasteiger partial charge in [-0.25, -0.2) is 4.57 Å². The highest BCUT2D eigenvalue weighted by Crippen LogP contribution is 2.51. The van der Waals surface area contributed by atoms with E-state index in [0.717, 1.165) is 18.7 Å². The van der Waals surface area contributed by atoms with E-state index in [0.29, 0.717) is 6.42 Å². The second-order valence-corrected chi connectivity index (χ2v) is 8.67. The number of pyridine rings is 1. The maximum Gasteiger partial charge on any atom is 0.230 e. The number of aryl methyl sites for hydroxylation is 1. The quantitative estimate of drug-likeness (QED) is 0.377. The van der Waals surface area contributed by atoms with E-state index >= 15 is 0 Å². The normalized spacial score (nSPS) is 28.5. The van der Waals surface area contributed by atoms with Crippen LogP contribution in [0.3, 0.4) is 0 Å². The Kier molecular flexibility index (Phi) is 5.68. The van der Waals surface area contributed by atoms with Gasteiger partial charge < -0.3 is 19.9 Å². The first-order chi connectivity index (χ1) is 11.6. The summed E-state index contributed by atoms with van der Waals surface area (Å²) in [4.78, 5) is 25.0. The molecule has 3 rings (SSSR count). The predicted molar refractivity (Wildman–Crippen MR) is 89.7 cm³/mol. The van der Waals surface area contributed by atoms with Gasteiger partial charge in [0.2, 0.25) is 5.91 Å². The van der Waals surface area contributed by atoms with Crippen molar-refractivity contribution in [1.82, 2.24) is 4.90 Å². The van der Waals surface area contributed by atoms with Gasteiger partial charge in [0.1, 0.15) is 6.54 Å². The Morgan fingerprint density at radius 1 is 1.38 bits per heavy atom.